The normalized spacial score (nSPS) is 18.5. The molecule has 8 nitrogen and oxygen atoms in total. The third kappa shape index (κ3) is 5.71. The molecule has 152 valence electrons. The molecule has 1 heterocycles. The van der Waals surface area contributed by atoms with Crippen molar-refractivity contribution in [3.05, 3.63) is 32.8 Å². The Morgan fingerprint density at radius 1 is 1.30 bits per heavy atom. The Hall–Kier alpha value is -1.07. The summed E-state index contributed by atoms with van der Waals surface area (Å²) in [7, 11) is -0.0658. The molecule has 1 atom stereocenters. The topological polar surface area (TPSA) is 87.0 Å². The van der Waals surface area contributed by atoms with Crippen LogP contribution < -0.4 is 0 Å². The van der Waals surface area contributed by atoms with Crippen LogP contribution in [0.1, 0.15) is 19.8 Å². The fraction of sp³-hybridized carbons (Fsp3) is 0.647. The minimum absolute atomic E-state index is 0.0524. The van der Waals surface area contributed by atoms with E-state index in [1.807, 2.05) is 19.0 Å². The maximum Gasteiger partial charge on any atom is 0.271 e. The maximum atomic E-state index is 13.3. The molecule has 1 saturated heterocycles. The largest absolute Gasteiger partial charge is 0.308 e. The first kappa shape index (κ1) is 22.2. The number of likely N-dealkylation sites (N-methyl/N-ethyl adjacent to an activating group) is 2. The number of nitro groups is 1. The van der Waals surface area contributed by atoms with E-state index in [0.29, 0.717) is 24.1 Å². The molecular formula is C17H27BrN4O4S. The molecule has 0 bridgehead atoms. The molecule has 0 spiro atoms. The average molecular weight is 463 g/mol. The molecule has 1 fully saturated rings. The Morgan fingerprint density at radius 3 is 2.59 bits per heavy atom. The zero-order chi connectivity index (χ0) is 20.2. The van der Waals surface area contributed by atoms with Gasteiger partial charge in [-0.1, -0.05) is 22.9 Å². The molecule has 0 radical (unpaired) electrons. The Balaban J connectivity index is 2.36. The highest BCUT2D eigenvalue weighted by Crippen LogP contribution is 2.28. The van der Waals surface area contributed by atoms with Gasteiger partial charge in [0.05, 0.1) is 9.82 Å². The van der Waals surface area contributed by atoms with Crippen LogP contribution in [0.3, 0.4) is 0 Å². The first-order valence-electron chi connectivity index (χ1n) is 8.99. The van der Waals surface area contributed by atoms with Crippen LogP contribution in [0.25, 0.3) is 0 Å². The van der Waals surface area contributed by atoms with Crippen LogP contribution >= 0.6 is 15.9 Å². The van der Waals surface area contributed by atoms with Crippen LogP contribution in [0.15, 0.2) is 27.6 Å². The molecule has 0 saturated carbocycles. The van der Waals surface area contributed by atoms with E-state index in [-0.39, 0.29) is 16.6 Å². The number of likely N-dealkylation sites (tertiary alicyclic amines) is 1. The molecule has 0 amide bonds. The van der Waals surface area contributed by atoms with Crippen molar-refractivity contribution in [1.82, 2.24) is 14.1 Å². The minimum atomic E-state index is -3.85. The second kappa shape index (κ2) is 9.42. The van der Waals surface area contributed by atoms with Gasteiger partial charge in [0, 0.05) is 42.3 Å². The van der Waals surface area contributed by atoms with Gasteiger partial charge >= 0.3 is 0 Å². The number of non-ortho nitro benzene ring substituents is 1. The van der Waals surface area contributed by atoms with Gasteiger partial charge in [-0.05, 0) is 46.1 Å². The molecule has 1 unspecified atom stereocenters. The summed E-state index contributed by atoms with van der Waals surface area (Å²) in [6.07, 6.45) is 2.02. The first-order chi connectivity index (χ1) is 12.6. The SMILES string of the molecule is CCN1CCCC1CN(CCN(C)C)S(=O)(=O)c1cc(Br)cc([N+](=O)[O-])c1. The second-order valence-electron chi connectivity index (χ2n) is 6.99. The molecule has 1 aliphatic rings. The van der Waals surface area contributed by atoms with Crippen LogP contribution in [0.4, 0.5) is 5.69 Å². The van der Waals surface area contributed by atoms with Crippen LogP contribution in [0, 0.1) is 10.1 Å². The number of hydrogen-bond acceptors (Lipinski definition) is 6. The quantitative estimate of drug-likeness (QED) is 0.413. The Kier molecular flexibility index (Phi) is 7.75. The van der Waals surface area contributed by atoms with Crippen molar-refractivity contribution in [3.63, 3.8) is 0 Å². The number of nitrogens with zero attached hydrogens (tertiary/aromatic N) is 4. The Bertz CT molecular complexity index is 772. The summed E-state index contributed by atoms with van der Waals surface area (Å²) in [6.45, 7) is 5.25. The second-order valence-corrected chi connectivity index (χ2v) is 9.85. The summed E-state index contributed by atoms with van der Waals surface area (Å²) in [6, 6.07) is 4.04. The highest BCUT2D eigenvalue weighted by atomic mass is 79.9. The van der Waals surface area contributed by atoms with Crippen molar-refractivity contribution >= 4 is 31.6 Å². The van der Waals surface area contributed by atoms with Crippen LogP contribution in [-0.2, 0) is 10.0 Å². The Labute approximate surface area is 169 Å². The lowest BCUT2D eigenvalue weighted by atomic mass is 10.2. The smallest absolute Gasteiger partial charge is 0.271 e. The van der Waals surface area contributed by atoms with Gasteiger partial charge in [-0.25, -0.2) is 8.42 Å². The number of benzene rings is 1. The third-order valence-corrected chi connectivity index (χ3v) is 7.12. The van der Waals surface area contributed by atoms with E-state index in [9.17, 15) is 18.5 Å². The van der Waals surface area contributed by atoms with E-state index in [1.165, 1.54) is 16.4 Å². The van der Waals surface area contributed by atoms with E-state index in [0.717, 1.165) is 32.0 Å². The van der Waals surface area contributed by atoms with E-state index in [2.05, 4.69) is 27.8 Å². The first-order valence-corrected chi connectivity index (χ1v) is 11.2. The third-order valence-electron chi connectivity index (χ3n) is 4.82. The molecular weight excluding hydrogens is 436 g/mol. The molecule has 0 aliphatic carbocycles. The van der Waals surface area contributed by atoms with Crippen LogP contribution in [-0.4, -0.2) is 80.3 Å². The van der Waals surface area contributed by atoms with Gasteiger partial charge in [0.15, 0.2) is 0 Å². The van der Waals surface area contributed by atoms with Gasteiger partial charge in [0.2, 0.25) is 10.0 Å². The highest BCUT2D eigenvalue weighted by molar-refractivity contribution is 9.10. The van der Waals surface area contributed by atoms with Crippen LogP contribution in [0.5, 0.6) is 0 Å². The molecule has 1 aliphatic heterocycles. The summed E-state index contributed by atoms with van der Waals surface area (Å²) in [5.41, 5.74) is -0.244. The number of rotatable bonds is 9. The lowest BCUT2D eigenvalue weighted by Gasteiger charge is -2.30. The zero-order valence-electron chi connectivity index (χ0n) is 16.0. The van der Waals surface area contributed by atoms with E-state index in [1.54, 1.807) is 0 Å². The monoisotopic (exact) mass is 462 g/mol. The van der Waals surface area contributed by atoms with Crippen molar-refractivity contribution < 1.29 is 13.3 Å². The van der Waals surface area contributed by atoms with Crippen molar-refractivity contribution in [1.29, 1.82) is 0 Å². The highest BCUT2D eigenvalue weighted by Gasteiger charge is 2.32. The van der Waals surface area contributed by atoms with Gasteiger partial charge in [-0.2, -0.15) is 4.31 Å². The lowest BCUT2D eigenvalue weighted by Crippen LogP contribution is -2.45. The Morgan fingerprint density at radius 2 is 2.00 bits per heavy atom. The van der Waals surface area contributed by atoms with E-state index >= 15 is 0 Å². The molecule has 1 aromatic carbocycles. The van der Waals surface area contributed by atoms with Gasteiger partial charge in [-0.3, -0.25) is 15.0 Å². The minimum Gasteiger partial charge on any atom is -0.308 e. The predicted molar refractivity (Wildman–Crippen MR) is 108 cm³/mol. The molecule has 10 heteroatoms. The van der Waals surface area contributed by atoms with Crippen molar-refractivity contribution in [3.8, 4) is 0 Å². The summed E-state index contributed by atoms with van der Waals surface area (Å²) in [5, 5.41) is 11.1. The maximum absolute atomic E-state index is 13.3. The summed E-state index contributed by atoms with van der Waals surface area (Å²) >= 11 is 3.19. The van der Waals surface area contributed by atoms with Gasteiger partial charge in [0.1, 0.15) is 0 Å². The summed E-state index contributed by atoms with van der Waals surface area (Å²) in [4.78, 5) is 14.7. The van der Waals surface area contributed by atoms with Gasteiger partial charge in [0.25, 0.3) is 5.69 Å². The lowest BCUT2D eigenvalue weighted by molar-refractivity contribution is -0.385. The summed E-state index contributed by atoms with van der Waals surface area (Å²) in [5.74, 6) is 0. The molecule has 0 N–H and O–H groups in total. The van der Waals surface area contributed by atoms with E-state index in [4.69, 9.17) is 0 Å². The molecule has 0 aromatic heterocycles. The standard InChI is InChI=1S/C17H27BrN4O4S/c1-4-20-7-5-6-15(20)13-21(9-8-19(2)3)27(25,26)17-11-14(18)10-16(12-17)22(23)24/h10-12,15H,4-9,13H2,1-3H3. The van der Waals surface area contributed by atoms with Crippen LogP contribution in [0.2, 0.25) is 0 Å². The molecule has 1 aromatic rings. The van der Waals surface area contributed by atoms with E-state index < -0.39 is 14.9 Å². The fourth-order valence-corrected chi connectivity index (χ4v) is 5.49. The van der Waals surface area contributed by atoms with Crippen molar-refractivity contribution in [2.24, 2.45) is 0 Å². The average Bonchev–Trinajstić information content (AvgIpc) is 3.04. The molecule has 2 rings (SSSR count). The number of hydrogen-bond donors (Lipinski definition) is 0. The summed E-state index contributed by atoms with van der Waals surface area (Å²) < 4.78 is 28.4. The predicted octanol–water partition coefficient (Wildman–Crippen LogP) is 2.39. The number of nitro benzene ring substituents is 1. The molecule has 27 heavy (non-hydrogen) atoms. The zero-order valence-corrected chi connectivity index (χ0v) is 18.4. The fourth-order valence-electron chi connectivity index (χ4n) is 3.33. The number of sulfonamides is 1. The van der Waals surface area contributed by atoms with Gasteiger partial charge in [-0.15, -0.1) is 0 Å². The number of halogens is 1. The van der Waals surface area contributed by atoms with Crippen molar-refractivity contribution in [2.45, 2.75) is 30.7 Å². The van der Waals surface area contributed by atoms with Crippen molar-refractivity contribution in [2.75, 3.05) is 46.8 Å². The van der Waals surface area contributed by atoms with Gasteiger partial charge < -0.3 is 4.90 Å².